The Labute approximate surface area is 160 Å². The van der Waals surface area contributed by atoms with Crippen LogP contribution < -0.4 is 0 Å². The Bertz CT molecular complexity index is 309. The first-order valence-corrected chi connectivity index (χ1v) is 10.7. The average molecular weight is 375 g/mol. The second-order valence-electron chi connectivity index (χ2n) is 7.39. The molecule has 3 N–H and O–H groups in total. The Morgan fingerprint density at radius 2 is 1.27 bits per heavy atom. The summed E-state index contributed by atoms with van der Waals surface area (Å²) in [6.07, 6.45) is 15.1. The van der Waals surface area contributed by atoms with Gasteiger partial charge in [0.2, 0.25) is 0 Å². The summed E-state index contributed by atoms with van der Waals surface area (Å²) in [6, 6.07) is 0. The van der Waals surface area contributed by atoms with Crippen LogP contribution in [-0.4, -0.2) is 46.7 Å². The molecular formula is C21H42O5. The van der Waals surface area contributed by atoms with Gasteiger partial charge in [0.1, 0.15) is 12.7 Å². The molecule has 0 fully saturated rings. The van der Waals surface area contributed by atoms with Crippen molar-refractivity contribution in [3.63, 3.8) is 0 Å². The quantitative estimate of drug-likeness (QED) is 0.234. The normalized spacial score (nSPS) is 13.5. The van der Waals surface area contributed by atoms with Crippen LogP contribution in [0.2, 0.25) is 0 Å². The number of aliphatic hydroxyl groups excluding tert-OH is 3. The number of aliphatic hydroxyl groups is 3. The number of rotatable bonds is 19. The Hall–Kier alpha value is -0.650. The fraction of sp³-hybridized carbons (Fsp3) is 0.952. The molecule has 0 spiro atoms. The molecular weight excluding hydrogens is 332 g/mol. The smallest absolute Gasteiger partial charge is 0.305 e. The van der Waals surface area contributed by atoms with E-state index in [9.17, 15) is 9.90 Å². The van der Waals surface area contributed by atoms with Gasteiger partial charge in [0.05, 0.1) is 12.7 Å². The maximum Gasteiger partial charge on any atom is 0.305 e. The summed E-state index contributed by atoms with van der Waals surface area (Å²) in [5.74, 6) is -0.300. The SMILES string of the molecule is CCCCCCC(O)CCCCCCCCCCC(=O)OC[C@H](O)CO. The molecule has 0 aliphatic rings. The molecule has 0 aromatic heterocycles. The molecule has 0 aliphatic carbocycles. The summed E-state index contributed by atoms with van der Waals surface area (Å²) in [5.41, 5.74) is 0. The van der Waals surface area contributed by atoms with Gasteiger partial charge in [-0.2, -0.15) is 0 Å². The van der Waals surface area contributed by atoms with Gasteiger partial charge in [-0.1, -0.05) is 77.6 Å². The van der Waals surface area contributed by atoms with Crippen molar-refractivity contribution in [2.24, 2.45) is 0 Å². The fourth-order valence-corrected chi connectivity index (χ4v) is 2.98. The third-order valence-corrected chi connectivity index (χ3v) is 4.71. The highest BCUT2D eigenvalue weighted by atomic mass is 16.5. The highest BCUT2D eigenvalue weighted by molar-refractivity contribution is 5.69. The highest BCUT2D eigenvalue weighted by Crippen LogP contribution is 2.14. The third-order valence-electron chi connectivity index (χ3n) is 4.71. The average Bonchev–Trinajstić information content (AvgIpc) is 2.64. The molecule has 26 heavy (non-hydrogen) atoms. The molecule has 0 rings (SSSR count). The molecule has 0 aromatic carbocycles. The van der Waals surface area contributed by atoms with Gasteiger partial charge in [0, 0.05) is 6.42 Å². The summed E-state index contributed by atoms with van der Waals surface area (Å²) in [5, 5.41) is 27.6. The summed E-state index contributed by atoms with van der Waals surface area (Å²) < 4.78 is 4.85. The van der Waals surface area contributed by atoms with E-state index in [1.807, 2.05) is 0 Å². The molecule has 0 bridgehead atoms. The summed E-state index contributed by atoms with van der Waals surface area (Å²) in [6.45, 7) is 1.70. The zero-order valence-corrected chi connectivity index (χ0v) is 16.8. The zero-order chi connectivity index (χ0) is 19.5. The van der Waals surface area contributed by atoms with Crippen LogP contribution in [0.15, 0.2) is 0 Å². The van der Waals surface area contributed by atoms with Crippen LogP contribution in [0.3, 0.4) is 0 Å². The van der Waals surface area contributed by atoms with E-state index in [2.05, 4.69) is 6.92 Å². The van der Waals surface area contributed by atoms with Crippen LogP contribution in [0.4, 0.5) is 0 Å². The monoisotopic (exact) mass is 374 g/mol. The first-order chi connectivity index (χ1) is 12.6. The number of carbonyl (C=O) groups excluding carboxylic acids is 1. The molecule has 0 radical (unpaired) electrons. The minimum Gasteiger partial charge on any atom is -0.463 e. The molecule has 0 saturated carbocycles. The third kappa shape index (κ3) is 18.2. The predicted octanol–water partition coefficient (Wildman–Crippen LogP) is 4.12. The van der Waals surface area contributed by atoms with Crippen LogP contribution in [0.25, 0.3) is 0 Å². The number of hydrogen-bond donors (Lipinski definition) is 3. The number of hydrogen-bond acceptors (Lipinski definition) is 5. The van der Waals surface area contributed by atoms with Gasteiger partial charge in [-0.3, -0.25) is 4.79 Å². The molecule has 0 amide bonds. The van der Waals surface area contributed by atoms with Crippen molar-refractivity contribution in [3.05, 3.63) is 0 Å². The Morgan fingerprint density at radius 3 is 1.81 bits per heavy atom. The van der Waals surface area contributed by atoms with Crippen molar-refractivity contribution in [3.8, 4) is 0 Å². The fourth-order valence-electron chi connectivity index (χ4n) is 2.98. The van der Waals surface area contributed by atoms with Gasteiger partial charge >= 0.3 is 5.97 Å². The Morgan fingerprint density at radius 1 is 0.769 bits per heavy atom. The van der Waals surface area contributed by atoms with Crippen molar-refractivity contribution in [1.29, 1.82) is 0 Å². The number of ether oxygens (including phenoxy) is 1. The van der Waals surface area contributed by atoms with E-state index >= 15 is 0 Å². The topological polar surface area (TPSA) is 87.0 Å². The maximum atomic E-state index is 11.4. The molecule has 2 atom stereocenters. The molecule has 0 aromatic rings. The van der Waals surface area contributed by atoms with Crippen molar-refractivity contribution >= 4 is 5.97 Å². The molecule has 0 saturated heterocycles. The van der Waals surface area contributed by atoms with Crippen LogP contribution in [0.1, 0.15) is 103 Å². The summed E-state index contributed by atoms with van der Waals surface area (Å²) >= 11 is 0. The van der Waals surface area contributed by atoms with Gasteiger partial charge < -0.3 is 20.1 Å². The van der Waals surface area contributed by atoms with E-state index in [1.165, 1.54) is 44.9 Å². The summed E-state index contributed by atoms with van der Waals surface area (Å²) in [7, 11) is 0. The second kappa shape index (κ2) is 19.1. The largest absolute Gasteiger partial charge is 0.463 e. The lowest BCUT2D eigenvalue weighted by Crippen LogP contribution is -2.21. The van der Waals surface area contributed by atoms with E-state index in [1.54, 1.807) is 0 Å². The van der Waals surface area contributed by atoms with E-state index in [0.717, 1.165) is 44.9 Å². The molecule has 0 heterocycles. The van der Waals surface area contributed by atoms with Gasteiger partial charge in [-0.15, -0.1) is 0 Å². The van der Waals surface area contributed by atoms with Crippen molar-refractivity contribution in [1.82, 2.24) is 0 Å². The Balaban J connectivity index is 3.25. The lowest BCUT2D eigenvalue weighted by atomic mass is 10.0. The molecule has 156 valence electrons. The van der Waals surface area contributed by atoms with Crippen molar-refractivity contribution < 1.29 is 24.9 Å². The van der Waals surface area contributed by atoms with Gasteiger partial charge in [0.25, 0.3) is 0 Å². The van der Waals surface area contributed by atoms with Gasteiger partial charge in [-0.05, 0) is 19.3 Å². The van der Waals surface area contributed by atoms with Crippen LogP contribution in [0, 0.1) is 0 Å². The molecule has 1 unspecified atom stereocenters. The highest BCUT2D eigenvalue weighted by Gasteiger charge is 2.07. The number of unbranched alkanes of at least 4 members (excludes halogenated alkanes) is 10. The van der Waals surface area contributed by atoms with Crippen molar-refractivity contribution in [2.45, 2.75) is 115 Å². The molecule has 0 aliphatic heterocycles. The lowest BCUT2D eigenvalue weighted by Gasteiger charge is -2.10. The molecule has 5 heteroatoms. The van der Waals surface area contributed by atoms with Crippen molar-refractivity contribution in [2.75, 3.05) is 13.2 Å². The van der Waals surface area contributed by atoms with Crippen LogP contribution in [0.5, 0.6) is 0 Å². The number of esters is 1. The second-order valence-corrected chi connectivity index (χ2v) is 7.39. The van der Waals surface area contributed by atoms with Crippen LogP contribution >= 0.6 is 0 Å². The van der Waals surface area contributed by atoms with E-state index in [0.29, 0.717) is 6.42 Å². The zero-order valence-electron chi connectivity index (χ0n) is 16.8. The van der Waals surface area contributed by atoms with E-state index in [-0.39, 0.29) is 25.3 Å². The van der Waals surface area contributed by atoms with E-state index < -0.39 is 6.10 Å². The predicted molar refractivity (Wildman–Crippen MR) is 105 cm³/mol. The minimum absolute atomic E-state index is 0.106. The first-order valence-electron chi connectivity index (χ1n) is 10.7. The minimum atomic E-state index is -0.971. The van der Waals surface area contributed by atoms with Crippen LogP contribution in [-0.2, 0) is 9.53 Å². The Kier molecular flexibility index (Phi) is 18.6. The first kappa shape index (κ1) is 25.4. The maximum absolute atomic E-state index is 11.4. The standard InChI is InChI=1S/C21H42O5/c1-2-3-4-11-14-19(23)15-12-9-7-5-6-8-10-13-16-21(25)26-18-20(24)17-22/h19-20,22-24H,2-18H2,1H3/t19?,20-/m1/s1. The summed E-state index contributed by atoms with van der Waals surface area (Å²) in [4.78, 5) is 11.4. The number of carbonyl (C=O) groups is 1. The van der Waals surface area contributed by atoms with Gasteiger partial charge in [-0.25, -0.2) is 0 Å². The van der Waals surface area contributed by atoms with E-state index in [4.69, 9.17) is 14.9 Å². The van der Waals surface area contributed by atoms with Gasteiger partial charge in [0.15, 0.2) is 0 Å². The molecule has 5 nitrogen and oxygen atoms in total. The lowest BCUT2D eigenvalue weighted by molar-refractivity contribution is -0.147.